The number of benzene rings is 1. The Balaban J connectivity index is 0.00000200. The van der Waals surface area contributed by atoms with E-state index in [9.17, 15) is 9.50 Å². The van der Waals surface area contributed by atoms with Gasteiger partial charge in [0.05, 0.1) is 13.8 Å². The minimum Gasteiger partial charge on any atom is -0.508 e. The van der Waals surface area contributed by atoms with Crippen LogP contribution in [-0.4, -0.2) is 50.0 Å². The van der Waals surface area contributed by atoms with Crippen molar-refractivity contribution in [2.24, 2.45) is 0 Å². The van der Waals surface area contributed by atoms with Crippen LogP contribution in [0.25, 0.3) is 0 Å². The first-order valence-corrected chi connectivity index (χ1v) is 6.64. The summed E-state index contributed by atoms with van der Waals surface area (Å²) in [5.74, 6) is 0.789. The van der Waals surface area contributed by atoms with Gasteiger partial charge in [-0.25, -0.2) is 0 Å². The monoisotopic (exact) mass is 304 g/mol. The van der Waals surface area contributed by atoms with Crippen molar-refractivity contribution in [3.05, 3.63) is 23.8 Å². The third-order valence-electron chi connectivity index (χ3n) is 3.55. The normalized spacial score (nSPS) is 17.3. The lowest BCUT2D eigenvalue weighted by atomic mass is 10.0. The number of phenolic OH excluding ortho intramolecular Hbond substituents is 1. The molecule has 1 aliphatic heterocycles. The maximum absolute atomic E-state index is 12.9. The second kappa shape index (κ2) is 8.29. The van der Waals surface area contributed by atoms with Gasteiger partial charge in [0.15, 0.2) is 0 Å². The zero-order valence-electron chi connectivity index (χ0n) is 11.6. The van der Waals surface area contributed by atoms with Crippen LogP contribution in [0.5, 0.6) is 11.5 Å². The summed E-state index contributed by atoms with van der Waals surface area (Å²) in [5.41, 5.74) is 0.944. The Labute approximate surface area is 125 Å². The van der Waals surface area contributed by atoms with Gasteiger partial charge >= 0.3 is 0 Å². The van der Waals surface area contributed by atoms with E-state index in [0.29, 0.717) is 12.2 Å². The van der Waals surface area contributed by atoms with Crippen LogP contribution >= 0.6 is 12.4 Å². The highest BCUT2D eigenvalue weighted by molar-refractivity contribution is 5.85. The number of hydrogen-bond donors (Lipinski definition) is 2. The molecule has 1 aliphatic rings. The number of aromatic hydroxyl groups is 1. The van der Waals surface area contributed by atoms with Gasteiger partial charge in [-0.05, 0) is 12.5 Å². The molecular formula is C14H22ClFN2O2. The van der Waals surface area contributed by atoms with Crippen molar-refractivity contribution in [3.63, 3.8) is 0 Å². The average molecular weight is 305 g/mol. The molecule has 0 unspecified atom stereocenters. The molecule has 0 spiro atoms. The summed E-state index contributed by atoms with van der Waals surface area (Å²) < 4.78 is 18.2. The molecule has 1 aromatic rings. The molecule has 1 fully saturated rings. The zero-order chi connectivity index (χ0) is 13.7. The van der Waals surface area contributed by atoms with Crippen molar-refractivity contribution >= 4 is 12.4 Å². The molecule has 0 amide bonds. The highest BCUT2D eigenvalue weighted by atomic mass is 35.5. The number of ether oxygens (including phenoxy) is 1. The summed E-state index contributed by atoms with van der Waals surface area (Å²) in [6.07, 6.45) is 0.446. The van der Waals surface area contributed by atoms with Gasteiger partial charge in [-0.15, -0.1) is 12.4 Å². The van der Waals surface area contributed by atoms with E-state index in [4.69, 9.17) is 4.74 Å². The maximum Gasteiger partial charge on any atom is 0.127 e. The van der Waals surface area contributed by atoms with Crippen molar-refractivity contribution in [2.75, 3.05) is 40.0 Å². The SMILES string of the molecule is COc1cc(O)ccc1[C@@H](CCF)N1CCNCC1.Cl. The Kier molecular flexibility index (Phi) is 7.05. The average Bonchev–Trinajstić information content (AvgIpc) is 2.46. The molecule has 2 rings (SSSR count). The van der Waals surface area contributed by atoms with E-state index in [-0.39, 0.29) is 30.9 Å². The predicted octanol–water partition coefficient (Wildman–Crippen LogP) is 2.13. The molecule has 0 bridgehead atoms. The number of alkyl halides is 1. The molecule has 0 aromatic heterocycles. The molecule has 0 aliphatic carbocycles. The Morgan fingerprint density at radius 3 is 2.70 bits per heavy atom. The summed E-state index contributed by atoms with van der Waals surface area (Å²) in [6.45, 7) is 3.27. The van der Waals surface area contributed by atoms with E-state index in [2.05, 4.69) is 10.2 Å². The largest absolute Gasteiger partial charge is 0.508 e. The minimum absolute atomic E-state index is 0. The molecule has 1 heterocycles. The fraction of sp³-hybridized carbons (Fsp3) is 0.571. The standard InChI is InChI=1S/C14H21FN2O2.ClH/c1-19-14-10-11(18)2-3-12(14)13(4-5-15)17-8-6-16-7-9-17;/h2-3,10,13,16,18H,4-9H2,1H3;1H/t13-;/m1./s1. The van der Waals surface area contributed by atoms with Gasteiger partial charge in [-0.1, -0.05) is 6.07 Å². The lowest BCUT2D eigenvalue weighted by Gasteiger charge is -2.35. The first-order valence-electron chi connectivity index (χ1n) is 6.64. The van der Waals surface area contributed by atoms with Crippen LogP contribution in [0, 0.1) is 0 Å². The number of piperazine rings is 1. The maximum atomic E-state index is 12.9. The lowest BCUT2D eigenvalue weighted by Crippen LogP contribution is -2.45. The number of nitrogens with zero attached hydrogens (tertiary/aromatic N) is 1. The Morgan fingerprint density at radius 1 is 1.40 bits per heavy atom. The highest BCUT2D eigenvalue weighted by Gasteiger charge is 2.24. The number of hydrogen-bond acceptors (Lipinski definition) is 4. The second-order valence-corrected chi connectivity index (χ2v) is 4.71. The molecule has 1 aromatic carbocycles. The number of phenols is 1. The van der Waals surface area contributed by atoms with E-state index in [1.807, 2.05) is 6.07 Å². The van der Waals surface area contributed by atoms with E-state index in [1.54, 1.807) is 19.2 Å². The smallest absolute Gasteiger partial charge is 0.127 e. The first-order chi connectivity index (χ1) is 9.26. The van der Waals surface area contributed by atoms with Crippen molar-refractivity contribution in [1.82, 2.24) is 10.2 Å². The van der Waals surface area contributed by atoms with Gasteiger partial charge in [-0.3, -0.25) is 9.29 Å². The van der Waals surface area contributed by atoms with Crippen LogP contribution in [0.2, 0.25) is 0 Å². The predicted molar refractivity (Wildman–Crippen MR) is 79.7 cm³/mol. The Morgan fingerprint density at radius 2 is 2.10 bits per heavy atom. The Bertz CT molecular complexity index is 414. The molecule has 2 N–H and O–H groups in total. The molecule has 20 heavy (non-hydrogen) atoms. The zero-order valence-corrected chi connectivity index (χ0v) is 12.5. The molecule has 6 heteroatoms. The van der Waals surface area contributed by atoms with Crippen LogP contribution in [0.1, 0.15) is 18.0 Å². The minimum atomic E-state index is -0.362. The van der Waals surface area contributed by atoms with Crippen LogP contribution in [-0.2, 0) is 0 Å². The van der Waals surface area contributed by atoms with Crippen LogP contribution in [0.3, 0.4) is 0 Å². The van der Waals surface area contributed by atoms with Gasteiger partial charge in [0.25, 0.3) is 0 Å². The fourth-order valence-electron chi connectivity index (χ4n) is 2.61. The molecule has 0 saturated carbocycles. The highest BCUT2D eigenvalue weighted by Crippen LogP contribution is 2.34. The third kappa shape index (κ3) is 3.98. The van der Waals surface area contributed by atoms with E-state index >= 15 is 0 Å². The van der Waals surface area contributed by atoms with Gasteiger partial charge < -0.3 is 15.2 Å². The number of halogens is 2. The molecule has 114 valence electrons. The van der Waals surface area contributed by atoms with Gasteiger partial charge in [0.1, 0.15) is 11.5 Å². The van der Waals surface area contributed by atoms with Crippen molar-refractivity contribution in [2.45, 2.75) is 12.5 Å². The van der Waals surface area contributed by atoms with Gasteiger partial charge in [0.2, 0.25) is 0 Å². The Hall–Kier alpha value is -1.04. The van der Waals surface area contributed by atoms with Crippen LogP contribution in [0.4, 0.5) is 4.39 Å². The van der Waals surface area contributed by atoms with Crippen molar-refractivity contribution in [3.8, 4) is 11.5 Å². The van der Waals surface area contributed by atoms with Gasteiger partial charge in [0, 0.05) is 43.9 Å². The van der Waals surface area contributed by atoms with Crippen LogP contribution < -0.4 is 10.1 Å². The first kappa shape index (κ1) is 17.0. The van der Waals surface area contributed by atoms with E-state index in [1.165, 1.54) is 0 Å². The number of rotatable bonds is 5. The fourth-order valence-corrected chi connectivity index (χ4v) is 2.61. The summed E-state index contributed by atoms with van der Waals surface area (Å²) in [5, 5.41) is 12.8. The second-order valence-electron chi connectivity index (χ2n) is 4.71. The third-order valence-corrected chi connectivity index (χ3v) is 3.55. The molecule has 4 nitrogen and oxygen atoms in total. The summed E-state index contributed by atoms with van der Waals surface area (Å²) in [6, 6.07) is 5.05. The van der Waals surface area contributed by atoms with E-state index in [0.717, 1.165) is 31.7 Å². The van der Waals surface area contributed by atoms with Crippen molar-refractivity contribution < 1.29 is 14.2 Å². The summed E-state index contributed by atoms with van der Waals surface area (Å²) >= 11 is 0. The summed E-state index contributed by atoms with van der Waals surface area (Å²) in [7, 11) is 1.57. The molecule has 1 saturated heterocycles. The van der Waals surface area contributed by atoms with E-state index < -0.39 is 0 Å². The van der Waals surface area contributed by atoms with Gasteiger partial charge in [-0.2, -0.15) is 0 Å². The quantitative estimate of drug-likeness (QED) is 0.875. The van der Waals surface area contributed by atoms with Crippen molar-refractivity contribution in [1.29, 1.82) is 0 Å². The molecule has 0 radical (unpaired) electrons. The molecule has 1 atom stereocenters. The number of methoxy groups -OCH3 is 1. The molecular weight excluding hydrogens is 283 g/mol. The topological polar surface area (TPSA) is 44.7 Å². The summed E-state index contributed by atoms with van der Waals surface area (Å²) in [4.78, 5) is 2.27. The lowest BCUT2D eigenvalue weighted by molar-refractivity contribution is 0.155. The van der Waals surface area contributed by atoms with Crippen LogP contribution in [0.15, 0.2) is 18.2 Å². The number of nitrogens with one attached hydrogen (secondary N) is 1.